The maximum Gasteiger partial charge on any atom is 0.410 e. The van der Waals surface area contributed by atoms with Crippen molar-refractivity contribution in [1.29, 1.82) is 0 Å². The van der Waals surface area contributed by atoms with Gasteiger partial charge in [0.2, 0.25) is 0 Å². The standard InChI is InChI=1S/C23H30N2O4/c1-4-24-16-20(10-11-21(24)27)19-8-6-18(7-9-19)17(2)25-14-13-23(3,12-5-15-26)29-22(25)28/h6-11,16-17,26H,4-5,12-15H2,1-3H3/t17-,23+/m0/s1. The highest BCUT2D eigenvalue weighted by atomic mass is 16.6. The smallest absolute Gasteiger partial charge is 0.410 e. The third kappa shape index (κ3) is 4.70. The van der Waals surface area contributed by atoms with Crippen molar-refractivity contribution < 1.29 is 14.6 Å². The number of amides is 1. The van der Waals surface area contributed by atoms with Crippen LogP contribution in [0.15, 0.2) is 47.4 Å². The summed E-state index contributed by atoms with van der Waals surface area (Å²) >= 11 is 0. The number of rotatable bonds is 7. The molecule has 2 aromatic rings. The van der Waals surface area contributed by atoms with Gasteiger partial charge in [-0.2, -0.15) is 0 Å². The molecular formula is C23H30N2O4. The third-order valence-corrected chi connectivity index (χ3v) is 5.83. The zero-order chi connectivity index (χ0) is 21.0. The van der Waals surface area contributed by atoms with E-state index in [1.54, 1.807) is 15.5 Å². The van der Waals surface area contributed by atoms with Crippen molar-refractivity contribution in [3.8, 4) is 11.1 Å². The summed E-state index contributed by atoms with van der Waals surface area (Å²) in [6, 6.07) is 11.4. The summed E-state index contributed by atoms with van der Waals surface area (Å²) in [5.41, 5.74) is 2.55. The highest BCUT2D eigenvalue weighted by Gasteiger charge is 2.38. The van der Waals surface area contributed by atoms with Gasteiger partial charge in [-0.05, 0) is 56.4 Å². The lowest BCUT2D eigenvalue weighted by Crippen LogP contribution is -2.48. The zero-order valence-corrected chi connectivity index (χ0v) is 17.4. The molecule has 0 unspecified atom stereocenters. The molecule has 2 heterocycles. The normalized spacial score (nSPS) is 20.4. The van der Waals surface area contributed by atoms with Crippen LogP contribution in [-0.4, -0.2) is 39.4 Å². The minimum absolute atomic E-state index is 0.00362. The molecule has 3 rings (SSSR count). The Kier molecular flexibility index (Phi) is 6.42. The van der Waals surface area contributed by atoms with Crippen LogP contribution in [-0.2, 0) is 11.3 Å². The molecule has 1 aliphatic heterocycles. The fourth-order valence-electron chi connectivity index (χ4n) is 3.83. The highest BCUT2D eigenvalue weighted by molar-refractivity contribution is 5.70. The predicted molar refractivity (Wildman–Crippen MR) is 113 cm³/mol. The van der Waals surface area contributed by atoms with Gasteiger partial charge in [-0.15, -0.1) is 0 Å². The third-order valence-electron chi connectivity index (χ3n) is 5.83. The summed E-state index contributed by atoms with van der Waals surface area (Å²) in [6.07, 6.45) is 3.62. The van der Waals surface area contributed by atoms with E-state index in [2.05, 4.69) is 0 Å². The van der Waals surface area contributed by atoms with E-state index >= 15 is 0 Å². The molecule has 0 saturated carbocycles. The number of pyridine rings is 1. The first-order valence-corrected chi connectivity index (χ1v) is 10.3. The molecule has 1 fully saturated rings. The Morgan fingerprint density at radius 1 is 1.14 bits per heavy atom. The summed E-state index contributed by atoms with van der Waals surface area (Å²) in [6.45, 7) is 7.26. The maximum atomic E-state index is 12.6. The Morgan fingerprint density at radius 2 is 1.83 bits per heavy atom. The highest BCUT2D eigenvalue weighted by Crippen LogP contribution is 2.33. The van der Waals surface area contributed by atoms with Crippen LogP contribution >= 0.6 is 0 Å². The molecule has 6 heteroatoms. The first kappa shape index (κ1) is 21.1. The van der Waals surface area contributed by atoms with Crippen molar-refractivity contribution in [2.45, 2.75) is 58.2 Å². The van der Waals surface area contributed by atoms with E-state index < -0.39 is 5.60 Å². The van der Waals surface area contributed by atoms with E-state index in [1.165, 1.54) is 0 Å². The Morgan fingerprint density at radius 3 is 2.45 bits per heavy atom. The molecule has 1 saturated heterocycles. The number of carbonyl (C=O) groups is 1. The second-order valence-corrected chi connectivity index (χ2v) is 7.93. The van der Waals surface area contributed by atoms with Crippen molar-refractivity contribution in [2.24, 2.45) is 0 Å². The van der Waals surface area contributed by atoms with Crippen LogP contribution in [0.2, 0.25) is 0 Å². The molecule has 1 aromatic heterocycles. The van der Waals surface area contributed by atoms with E-state index in [0.29, 0.717) is 25.9 Å². The molecule has 0 bridgehead atoms. The second-order valence-electron chi connectivity index (χ2n) is 7.93. The molecule has 0 aliphatic carbocycles. The molecule has 0 spiro atoms. The molecule has 29 heavy (non-hydrogen) atoms. The number of aryl methyl sites for hydroxylation is 1. The predicted octanol–water partition coefficient (Wildman–Crippen LogP) is 3.97. The number of nitrogens with zero attached hydrogens (tertiary/aromatic N) is 2. The van der Waals surface area contributed by atoms with Crippen LogP contribution in [0, 0.1) is 0 Å². The van der Waals surface area contributed by atoms with E-state index in [4.69, 9.17) is 9.84 Å². The van der Waals surface area contributed by atoms with Gasteiger partial charge < -0.3 is 19.3 Å². The van der Waals surface area contributed by atoms with Gasteiger partial charge in [0.25, 0.3) is 5.56 Å². The van der Waals surface area contributed by atoms with E-state index in [-0.39, 0.29) is 24.3 Å². The lowest BCUT2D eigenvalue weighted by atomic mass is 9.93. The van der Waals surface area contributed by atoms with Gasteiger partial charge in [0.1, 0.15) is 5.60 Å². The quantitative estimate of drug-likeness (QED) is 0.766. The number of aromatic nitrogens is 1. The first-order chi connectivity index (χ1) is 13.9. The van der Waals surface area contributed by atoms with Crippen LogP contribution < -0.4 is 5.56 Å². The fraction of sp³-hybridized carbons (Fsp3) is 0.478. The van der Waals surface area contributed by atoms with Crippen molar-refractivity contribution in [3.63, 3.8) is 0 Å². The first-order valence-electron chi connectivity index (χ1n) is 10.3. The molecule has 1 amide bonds. The SMILES string of the molecule is CCn1cc(-c2ccc([C@H](C)N3CC[C@@](C)(CCCO)OC3=O)cc2)ccc1=O. The topological polar surface area (TPSA) is 71.8 Å². The lowest BCUT2D eigenvalue weighted by Gasteiger charge is -2.41. The number of cyclic esters (lactones) is 1. The van der Waals surface area contributed by atoms with Crippen molar-refractivity contribution in [3.05, 3.63) is 58.5 Å². The van der Waals surface area contributed by atoms with Crippen LogP contribution in [0.25, 0.3) is 11.1 Å². The lowest BCUT2D eigenvalue weighted by molar-refractivity contribution is -0.0521. The van der Waals surface area contributed by atoms with E-state index in [1.807, 2.05) is 57.3 Å². The Labute approximate surface area is 171 Å². The molecule has 6 nitrogen and oxygen atoms in total. The number of hydrogen-bond donors (Lipinski definition) is 1. The molecule has 1 aliphatic rings. The van der Waals surface area contributed by atoms with Crippen LogP contribution in [0.3, 0.4) is 0 Å². The Balaban J connectivity index is 1.72. The molecule has 1 aromatic carbocycles. The molecule has 2 atom stereocenters. The minimum atomic E-state index is -0.498. The summed E-state index contributed by atoms with van der Waals surface area (Å²) in [7, 11) is 0. The zero-order valence-electron chi connectivity index (χ0n) is 17.4. The summed E-state index contributed by atoms with van der Waals surface area (Å²) < 4.78 is 7.39. The van der Waals surface area contributed by atoms with Gasteiger partial charge in [-0.25, -0.2) is 4.79 Å². The number of carbonyl (C=O) groups excluding carboxylic acids is 1. The number of benzene rings is 1. The average Bonchev–Trinajstić information content (AvgIpc) is 2.72. The molecule has 156 valence electrons. The van der Waals surface area contributed by atoms with Gasteiger partial charge in [-0.3, -0.25) is 4.79 Å². The van der Waals surface area contributed by atoms with Crippen molar-refractivity contribution in [1.82, 2.24) is 9.47 Å². The second kappa shape index (κ2) is 8.82. The monoisotopic (exact) mass is 398 g/mol. The van der Waals surface area contributed by atoms with Gasteiger partial charge in [-0.1, -0.05) is 24.3 Å². The largest absolute Gasteiger partial charge is 0.443 e. The summed E-state index contributed by atoms with van der Waals surface area (Å²) in [4.78, 5) is 26.1. The maximum absolute atomic E-state index is 12.6. The van der Waals surface area contributed by atoms with Crippen molar-refractivity contribution in [2.75, 3.05) is 13.2 Å². The number of hydrogen-bond acceptors (Lipinski definition) is 4. The Hall–Kier alpha value is -2.60. The summed E-state index contributed by atoms with van der Waals surface area (Å²) in [5.74, 6) is 0. The average molecular weight is 399 g/mol. The van der Waals surface area contributed by atoms with Gasteiger partial charge in [0, 0.05) is 38.4 Å². The van der Waals surface area contributed by atoms with Crippen LogP contribution in [0.4, 0.5) is 4.79 Å². The van der Waals surface area contributed by atoms with E-state index in [9.17, 15) is 9.59 Å². The van der Waals surface area contributed by atoms with Gasteiger partial charge >= 0.3 is 6.09 Å². The minimum Gasteiger partial charge on any atom is -0.443 e. The number of aliphatic hydroxyl groups is 1. The number of ether oxygens (including phenoxy) is 1. The van der Waals surface area contributed by atoms with Gasteiger partial charge in [0.05, 0.1) is 6.04 Å². The van der Waals surface area contributed by atoms with Gasteiger partial charge in [0.15, 0.2) is 0 Å². The van der Waals surface area contributed by atoms with E-state index in [0.717, 1.165) is 23.1 Å². The van der Waals surface area contributed by atoms with Crippen LogP contribution in [0.1, 0.15) is 51.6 Å². The fourth-order valence-corrected chi connectivity index (χ4v) is 3.83. The summed E-state index contributed by atoms with van der Waals surface area (Å²) in [5, 5.41) is 9.05. The van der Waals surface area contributed by atoms with Crippen molar-refractivity contribution >= 4 is 6.09 Å². The molecule has 0 radical (unpaired) electrons. The number of aliphatic hydroxyl groups excluding tert-OH is 1. The molecule has 1 N–H and O–H groups in total. The molecular weight excluding hydrogens is 368 g/mol. The van der Waals surface area contributed by atoms with Crippen LogP contribution in [0.5, 0.6) is 0 Å². The Bertz CT molecular complexity index is 906.